The molecule has 4 heterocycles. The Hall–Kier alpha value is -3.45. The predicted octanol–water partition coefficient (Wildman–Crippen LogP) is 2.81. The van der Waals surface area contributed by atoms with Crippen molar-refractivity contribution < 1.29 is 8.96 Å². The molecule has 30 heavy (non-hydrogen) atoms. The Balaban J connectivity index is 1.56. The van der Waals surface area contributed by atoms with Crippen LogP contribution in [0.5, 0.6) is 0 Å². The first-order valence-electron chi connectivity index (χ1n) is 9.23. The van der Waals surface area contributed by atoms with Gasteiger partial charge in [0.25, 0.3) is 5.78 Å². The summed E-state index contributed by atoms with van der Waals surface area (Å²) in [6, 6.07) is 8.81. The van der Waals surface area contributed by atoms with E-state index in [2.05, 4.69) is 25.3 Å². The molecule has 0 fully saturated rings. The van der Waals surface area contributed by atoms with Crippen LogP contribution >= 0.6 is 7.14 Å². The second-order valence-electron chi connectivity index (χ2n) is 7.39. The number of hydrogen-bond acceptors (Lipinski definition) is 6. The molecular weight excluding hydrogens is 404 g/mol. The lowest BCUT2D eigenvalue weighted by atomic mass is 10.2. The molecule has 0 spiro atoms. The number of rotatable bonds is 4. The van der Waals surface area contributed by atoms with Crippen molar-refractivity contribution in [3.63, 3.8) is 0 Å². The third-order valence-electron chi connectivity index (χ3n) is 4.87. The molecule has 0 N–H and O–H groups in total. The number of nitrogens with zero attached hydrogens (tertiary/aromatic N) is 7. The average molecular weight is 421 g/mol. The van der Waals surface area contributed by atoms with Gasteiger partial charge in [-0.2, -0.15) is 9.61 Å². The van der Waals surface area contributed by atoms with Gasteiger partial charge in [-0.05, 0) is 19.4 Å². The minimum Gasteiger partial charge on any atom is -0.319 e. The zero-order valence-electron chi connectivity index (χ0n) is 16.3. The fourth-order valence-electron chi connectivity index (χ4n) is 3.26. The van der Waals surface area contributed by atoms with Crippen LogP contribution in [-0.4, -0.2) is 47.5 Å². The van der Waals surface area contributed by atoms with E-state index in [-0.39, 0.29) is 12.2 Å². The van der Waals surface area contributed by atoms with Crippen LogP contribution in [-0.2, 0) is 11.0 Å². The van der Waals surface area contributed by atoms with Crippen molar-refractivity contribution in [1.29, 1.82) is 0 Å². The van der Waals surface area contributed by atoms with E-state index in [1.165, 1.54) is 10.6 Å². The molecule has 0 amide bonds. The number of imidazole rings is 1. The van der Waals surface area contributed by atoms with Crippen LogP contribution < -0.4 is 5.30 Å². The highest BCUT2D eigenvalue weighted by atomic mass is 31.2. The molecular formula is C20H17FN7OP. The maximum Gasteiger partial charge on any atom is 0.271 e. The summed E-state index contributed by atoms with van der Waals surface area (Å²) in [5.74, 6) is 0.417. The van der Waals surface area contributed by atoms with Crippen LogP contribution in [0.15, 0.2) is 55.1 Å². The van der Waals surface area contributed by atoms with Gasteiger partial charge in [-0.15, -0.1) is 10.2 Å². The molecule has 0 aliphatic rings. The SMILES string of the molecule is CP(C)(=O)c1cccc(-c2cnc3nnc(Cc4cn5ccnc5cc4F)n3n2)c1. The Morgan fingerprint density at radius 1 is 1.13 bits per heavy atom. The number of benzene rings is 1. The van der Waals surface area contributed by atoms with Crippen molar-refractivity contribution in [2.45, 2.75) is 6.42 Å². The molecule has 0 radical (unpaired) electrons. The average Bonchev–Trinajstić information content (AvgIpc) is 3.34. The summed E-state index contributed by atoms with van der Waals surface area (Å²) in [6.45, 7) is 3.45. The molecule has 0 aliphatic carbocycles. The van der Waals surface area contributed by atoms with Crippen LogP contribution in [0.3, 0.4) is 0 Å². The van der Waals surface area contributed by atoms with E-state index in [4.69, 9.17) is 0 Å². The minimum atomic E-state index is -2.41. The molecule has 0 unspecified atom stereocenters. The Morgan fingerprint density at radius 3 is 2.83 bits per heavy atom. The van der Waals surface area contributed by atoms with Gasteiger partial charge in [0.1, 0.15) is 24.3 Å². The summed E-state index contributed by atoms with van der Waals surface area (Å²) < 4.78 is 30.2. The molecule has 4 aromatic heterocycles. The summed E-state index contributed by atoms with van der Waals surface area (Å²) in [5, 5.41) is 13.6. The Labute approximate surface area is 170 Å². The lowest BCUT2D eigenvalue weighted by molar-refractivity contribution is 0.588. The van der Waals surface area contributed by atoms with Gasteiger partial charge >= 0.3 is 0 Å². The number of pyridine rings is 1. The van der Waals surface area contributed by atoms with Crippen LogP contribution in [0.2, 0.25) is 0 Å². The Morgan fingerprint density at radius 2 is 2.00 bits per heavy atom. The Bertz CT molecular complexity index is 1450. The number of halogens is 1. The highest BCUT2D eigenvalue weighted by Crippen LogP contribution is 2.35. The molecule has 0 aliphatic heterocycles. The second kappa shape index (κ2) is 6.81. The van der Waals surface area contributed by atoms with Gasteiger partial charge in [0, 0.05) is 47.5 Å². The Kier molecular flexibility index (Phi) is 4.22. The number of hydrogen-bond donors (Lipinski definition) is 0. The van der Waals surface area contributed by atoms with E-state index in [1.54, 1.807) is 42.5 Å². The lowest BCUT2D eigenvalue weighted by Gasteiger charge is -2.09. The predicted molar refractivity (Wildman–Crippen MR) is 111 cm³/mol. The number of aromatic nitrogens is 7. The minimum absolute atomic E-state index is 0.193. The van der Waals surface area contributed by atoms with Gasteiger partial charge in [-0.1, -0.05) is 18.2 Å². The third-order valence-corrected chi connectivity index (χ3v) is 6.39. The first-order chi connectivity index (χ1) is 14.4. The standard InChI is InChI=1S/C20H17FN7OP/c1-30(2,29)15-5-3-4-13(8-15)17-11-23-20-25-24-19(28(20)26-17)9-14-12-27-7-6-22-18(27)10-16(14)21/h3-8,10-12H,9H2,1-2H3. The molecule has 5 aromatic rings. The smallest absolute Gasteiger partial charge is 0.271 e. The molecule has 10 heteroatoms. The zero-order valence-corrected chi connectivity index (χ0v) is 17.2. The van der Waals surface area contributed by atoms with E-state index < -0.39 is 7.14 Å². The maximum atomic E-state index is 14.5. The summed E-state index contributed by atoms with van der Waals surface area (Å²) in [4.78, 5) is 8.41. The van der Waals surface area contributed by atoms with Crippen molar-refractivity contribution >= 4 is 23.9 Å². The van der Waals surface area contributed by atoms with E-state index >= 15 is 0 Å². The summed E-state index contributed by atoms with van der Waals surface area (Å²) in [6.07, 6.45) is 6.84. The maximum absolute atomic E-state index is 14.5. The van der Waals surface area contributed by atoms with E-state index in [0.29, 0.717) is 28.5 Å². The highest BCUT2D eigenvalue weighted by Gasteiger charge is 2.16. The first-order valence-corrected chi connectivity index (χ1v) is 11.8. The van der Waals surface area contributed by atoms with Gasteiger partial charge in [0.2, 0.25) is 0 Å². The van der Waals surface area contributed by atoms with Crippen molar-refractivity contribution in [2.75, 3.05) is 13.3 Å². The van der Waals surface area contributed by atoms with Gasteiger partial charge < -0.3 is 8.97 Å². The van der Waals surface area contributed by atoms with Crippen molar-refractivity contribution in [2.24, 2.45) is 0 Å². The molecule has 8 nitrogen and oxygen atoms in total. The topological polar surface area (TPSA) is 90.3 Å². The van der Waals surface area contributed by atoms with Crippen LogP contribution in [0, 0.1) is 5.82 Å². The quantitative estimate of drug-likeness (QED) is 0.415. The summed E-state index contributed by atoms with van der Waals surface area (Å²) in [5.41, 5.74) is 2.36. The molecule has 0 saturated heterocycles. The lowest BCUT2D eigenvalue weighted by Crippen LogP contribution is -2.06. The first kappa shape index (κ1) is 18.6. The zero-order chi connectivity index (χ0) is 20.9. The van der Waals surface area contributed by atoms with Gasteiger partial charge in [0.15, 0.2) is 5.82 Å². The van der Waals surface area contributed by atoms with Crippen LogP contribution in [0.1, 0.15) is 11.4 Å². The molecule has 0 saturated carbocycles. The van der Waals surface area contributed by atoms with Gasteiger partial charge in [-0.25, -0.2) is 14.4 Å². The van der Waals surface area contributed by atoms with E-state index in [9.17, 15) is 8.96 Å². The summed E-state index contributed by atoms with van der Waals surface area (Å²) in [7, 11) is -2.41. The van der Waals surface area contributed by atoms with Crippen molar-refractivity contribution in [1.82, 2.24) is 34.2 Å². The fraction of sp³-hybridized carbons (Fsp3) is 0.150. The monoisotopic (exact) mass is 421 g/mol. The van der Waals surface area contributed by atoms with E-state index in [1.807, 2.05) is 24.3 Å². The largest absolute Gasteiger partial charge is 0.319 e. The van der Waals surface area contributed by atoms with Crippen LogP contribution in [0.4, 0.5) is 4.39 Å². The van der Waals surface area contributed by atoms with Crippen molar-refractivity contribution in [3.8, 4) is 11.3 Å². The summed E-state index contributed by atoms with van der Waals surface area (Å²) >= 11 is 0. The molecule has 1 aromatic carbocycles. The molecule has 5 rings (SSSR count). The third kappa shape index (κ3) is 3.27. The second-order valence-corrected chi connectivity index (χ2v) is 10.6. The molecule has 0 atom stereocenters. The highest BCUT2D eigenvalue weighted by molar-refractivity contribution is 7.70. The molecule has 150 valence electrons. The van der Waals surface area contributed by atoms with Gasteiger partial charge in [-0.3, -0.25) is 0 Å². The number of fused-ring (bicyclic) bond motifs is 2. The van der Waals surface area contributed by atoms with Gasteiger partial charge in [0.05, 0.1) is 6.20 Å². The van der Waals surface area contributed by atoms with Crippen molar-refractivity contribution in [3.05, 3.63) is 72.3 Å². The molecule has 0 bridgehead atoms. The van der Waals surface area contributed by atoms with Crippen LogP contribution in [0.25, 0.3) is 22.7 Å². The van der Waals surface area contributed by atoms with E-state index in [0.717, 1.165) is 10.9 Å². The fourth-order valence-corrected chi connectivity index (χ4v) is 4.16. The normalized spacial score (nSPS) is 12.1.